The monoisotopic (exact) mass is 272 g/mol. The zero-order valence-electron chi connectivity index (χ0n) is 11.8. The Morgan fingerprint density at radius 2 is 2.00 bits per heavy atom. The van der Waals surface area contributed by atoms with Crippen molar-refractivity contribution < 1.29 is 4.79 Å². The molecule has 20 heavy (non-hydrogen) atoms. The average molecular weight is 272 g/mol. The third-order valence-electron chi connectivity index (χ3n) is 3.49. The molecular weight excluding hydrogens is 252 g/mol. The molecule has 5 nitrogen and oxygen atoms in total. The van der Waals surface area contributed by atoms with Gasteiger partial charge in [-0.25, -0.2) is 4.79 Å². The van der Waals surface area contributed by atoms with Crippen molar-refractivity contribution in [1.29, 1.82) is 5.26 Å². The Kier molecular flexibility index (Phi) is 4.97. The molecule has 0 spiro atoms. The van der Waals surface area contributed by atoms with E-state index in [1.165, 1.54) is 0 Å². The first-order valence-electron chi connectivity index (χ1n) is 7.02. The number of nitrogens with zero attached hydrogens (tertiary/aromatic N) is 3. The Balaban J connectivity index is 1.92. The number of piperazine rings is 1. The minimum Gasteiger partial charge on any atom is -0.322 e. The molecule has 1 aromatic carbocycles. The maximum Gasteiger partial charge on any atom is 0.321 e. The second-order valence-corrected chi connectivity index (χ2v) is 4.92. The van der Waals surface area contributed by atoms with Crippen LogP contribution >= 0.6 is 0 Å². The number of carbonyl (C=O) groups excluding carboxylic acids is 1. The van der Waals surface area contributed by atoms with Gasteiger partial charge in [0.1, 0.15) is 6.07 Å². The lowest BCUT2D eigenvalue weighted by molar-refractivity contribution is 0.147. The summed E-state index contributed by atoms with van der Waals surface area (Å²) < 4.78 is 0. The van der Waals surface area contributed by atoms with E-state index < -0.39 is 0 Å². The first-order valence-corrected chi connectivity index (χ1v) is 7.02. The van der Waals surface area contributed by atoms with E-state index in [2.05, 4.69) is 23.2 Å². The third-order valence-corrected chi connectivity index (χ3v) is 3.49. The van der Waals surface area contributed by atoms with Gasteiger partial charge in [0, 0.05) is 26.2 Å². The maximum absolute atomic E-state index is 12.2. The second-order valence-electron chi connectivity index (χ2n) is 4.92. The summed E-state index contributed by atoms with van der Waals surface area (Å²) in [7, 11) is 0. The smallest absolute Gasteiger partial charge is 0.321 e. The third kappa shape index (κ3) is 3.49. The zero-order chi connectivity index (χ0) is 14.4. The fourth-order valence-electron chi connectivity index (χ4n) is 2.37. The molecule has 106 valence electrons. The van der Waals surface area contributed by atoms with Gasteiger partial charge in [-0.2, -0.15) is 5.26 Å². The molecule has 0 aliphatic carbocycles. The van der Waals surface area contributed by atoms with Crippen LogP contribution in [0.3, 0.4) is 0 Å². The number of hydrogen-bond acceptors (Lipinski definition) is 3. The summed E-state index contributed by atoms with van der Waals surface area (Å²) in [4.78, 5) is 16.4. The lowest BCUT2D eigenvalue weighted by Crippen LogP contribution is -2.50. The Morgan fingerprint density at radius 3 is 2.65 bits per heavy atom. The minimum atomic E-state index is -0.121. The van der Waals surface area contributed by atoms with Crippen LogP contribution in [-0.4, -0.2) is 48.6 Å². The van der Waals surface area contributed by atoms with Crippen LogP contribution in [-0.2, 0) is 0 Å². The van der Waals surface area contributed by atoms with Crippen LogP contribution in [0.5, 0.6) is 0 Å². The Morgan fingerprint density at radius 1 is 1.30 bits per heavy atom. The van der Waals surface area contributed by atoms with E-state index in [1.54, 1.807) is 23.1 Å². The second kappa shape index (κ2) is 6.92. The maximum atomic E-state index is 12.2. The van der Waals surface area contributed by atoms with Gasteiger partial charge in [0.25, 0.3) is 0 Å². The van der Waals surface area contributed by atoms with Crippen LogP contribution in [0, 0.1) is 11.3 Å². The number of nitriles is 1. The molecule has 0 aromatic heterocycles. The van der Waals surface area contributed by atoms with Crippen LogP contribution in [0.15, 0.2) is 24.3 Å². The molecule has 1 saturated heterocycles. The number of carbonyl (C=O) groups is 1. The lowest BCUT2D eigenvalue weighted by Gasteiger charge is -2.34. The fraction of sp³-hybridized carbons (Fsp3) is 0.467. The summed E-state index contributed by atoms with van der Waals surface area (Å²) in [5.41, 5.74) is 1.07. The van der Waals surface area contributed by atoms with Gasteiger partial charge in [-0.1, -0.05) is 19.1 Å². The summed E-state index contributed by atoms with van der Waals surface area (Å²) in [6.45, 7) is 6.56. The molecule has 1 N–H and O–H groups in total. The largest absolute Gasteiger partial charge is 0.322 e. The van der Waals surface area contributed by atoms with E-state index in [0.717, 1.165) is 39.1 Å². The van der Waals surface area contributed by atoms with Crippen molar-refractivity contribution in [2.75, 3.05) is 38.0 Å². The highest BCUT2D eigenvalue weighted by molar-refractivity contribution is 5.90. The van der Waals surface area contributed by atoms with Crippen LogP contribution in [0.1, 0.15) is 18.9 Å². The van der Waals surface area contributed by atoms with Crippen molar-refractivity contribution in [2.24, 2.45) is 0 Å². The van der Waals surface area contributed by atoms with Gasteiger partial charge in [0.05, 0.1) is 11.3 Å². The Bertz CT molecular complexity index is 501. The molecule has 5 heteroatoms. The highest BCUT2D eigenvalue weighted by atomic mass is 16.2. The molecule has 0 bridgehead atoms. The standard InChI is InChI=1S/C15H20N4O/c1-2-7-18-8-10-19(11-9-18)15(20)17-14-6-4-3-5-13(14)12-16/h3-6H,2,7-11H2,1H3,(H,17,20). The first-order chi connectivity index (χ1) is 9.74. The molecule has 0 unspecified atom stereocenters. The van der Waals surface area contributed by atoms with Crippen molar-refractivity contribution in [3.63, 3.8) is 0 Å². The molecular formula is C15H20N4O. The van der Waals surface area contributed by atoms with Gasteiger partial charge < -0.3 is 10.2 Å². The molecule has 1 heterocycles. The van der Waals surface area contributed by atoms with Gasteiger partial charge in [0.15, 0.2) is 0 Å². The van der Waals surface area contributed by atoms with Crippen LogP contribution in [0.4, 0.5) is 10.5 Å². The summed E-state index contributed by atoms with van der Waals surface area (Å²) >= 11 is 0. The van der Waals surface area contributed by atoms with Crippen molar-refractivity contribution >= 4 is 11.7 Å². The van der Waals surface area contributed by atoms with Gasteiger partial charge in [0.2, 0.25) is 0 Å². The van der Waals surface area contributed by atoms with Gasteiger partial charge in [-0.05, 0) is 25.1 Å². The van der Waals surface area contributed by atoms with Crippen LogP contribution < -0.4 is 5.32 Å². The van der Waals surface area contributed by atoms with Crippen molar-refractivity contribution in [1.82, 2.24) is 9.80 Å². The Hall–Kier alpha value is -2.06. The van der Waals surface area contributed by atoms with E-state index in [-0.39, 0.29) is 6.03 Å². The number of urea groups is 1. The number of anilines is 1. The normalized spacial score (nSPS) is 15.7. The molecule has 0 saturated carbocycles. The average Bonchev–Trinajstić information content (AvgIpc) is 2.49. The summed E-state index contributed by atoms with van der Waals surface area (Å²) in [5.74, 6) is 0. The quantitative estimate of drug-likeness (QED) is 0.917. The molecule has 0 radical (unpaired) electrons. The Labute approximate surface area is 119 Å². The summed E-state index contributed by atoms with van der Waals surface area (Å²) in [5, 5.41) is 11.8. The zero-order valence-corrected chi connectivity index (χ0v) is 11.8. The number of nitrogens with one attached hydrogen (secondary N) is 1. The highest BCUT2D eigenvalue weighted by Crippen LogP contribution is 2.14. The number of benzene rings is 1. The number of rotatable bonds is 3. The number of amides is 2. The molecule has 2 amide bonds. The predicted molar refractivity (Wildman–Crippen MR) is 78.5 cm³/mol. The van der Waals surface area contributed by atoms with Crippen LogP contribution in [0.25, 0.3) is 0 Å². The van der Waals surface area contributed by atoms with E-state index in [0.29, 0.717) is 11.3 Å². The van der Waals surface area contributed by atoms with E-state index in [9.17, 15) is 4.79 Å². The predicted octanol–water partition coefficient (Wildman–Crippen LogP) is 2.12. The van der Waals surface area contributed by atoms with Gasteiger partial charge >= 0.3 is 6.03 Å². The van der Waals surface area contributed by atoms with E-state index >= 15 is 0 Å². The lowest BCUT2D eigenvalue weighted by atomic mass is 10.2. The molecule has 1 aliphatic heterocycles. The van der Waals surface area contributed by atoms with Crippen molar-refractivity contribution in [2.45, 2.75) is 13.3 Å². The van der Waals surface area contributed by atoms with E-state index in [1.807, 2.05) is 6.07 Å². The molecule has 1 aliphatic rings. The molecule has 2 rings (SSSR count). The van der Waals surface area contributed by atoms with Gasteiger partial charge in [-0.3, -0.25) is 4.90 Å². The van der Waals surface area contributed by atoms with Crippen molar-refractivity contribution in [3.05, 3.63) is 29.8 Å². The fourth-order valence-corrected chi connectivity index (χ4v) is 2.37. The van der Waals surface area contributed by atoms with E-state index in [4.69, 9.17) is 5.26 Å². The van der Waals surface area contributed by atoms with Crippen molar-refractivity contribution in [3.8, 4) is 6.07 Å². The molecule has 0 atom stereocenters. The number of para-hydroxylation sites is 1. The molecule has 1 fully saturated rings. The summed E-state index contributed by atoms with van der Waals surface area (Å²) in [6, 6.07) is 9.03. The van der Waals surface area contributed by atoms with Gasteiger partial charge in [-0.15, -0.1) is 0 Å². The summed E-state index contributed by atoms with van der Waals surface area (Å²) in [6.07, 6.45) is 1.14. The topological polar surface area (TPSA) is 59.4 Å². The first kappa shape index (κ1) is 14.4. The highest BCUT2D eigenvalue weighted by Gasteiger charge is 2.20. The minimum absolute atomic E-state index is 0.121. The van der Waals surface area contributed by atoms with Crippen LogP contribution in [0.2, 0.25) is 0 Å². The SMILES string of the molecule is CCCN1CCN(C(=O)Nc2ccccc2C#N)CC1. The number of hydrogen-bond donors (Lipinski definition) is 1. The molecule has 1 aromatic rings.